The number of methoxy groups -OCH3 is 1. The highest BCUT2D eigenvalue weighted by atomic mass is 79.9. The highest BCUT2D eigenvalue weighted by Gasteiger charge is 2.11. The summed E-state index contributed by atoms with van der Waals surface area (Å²) >= 11 is 6.82. The number of halogens is 2. The number of carbonyl (C=O) groups excluding carboxylic acids is 1. The number of carbonyl (C=O) groups is 1. The number of nitrogens with one attached hydrogen (secondary N) is 1. The second kappa shape index (κ2) is 9.58. The van der Waals surface area contributed by atoms with Crippen LogP contribution in [-0.2, 0) is 0 Å². The molecular formula is C18H18Br2N2O3. The average molecular weight is 470 g/mol. The first-order valence-corrected chi connectivity index (χ1v) is 9.23. The quantitative estimate of drug-likeness (QED) is 0.469. The monoisotopic (exact) mass is 468 g/mol. The topological polar surface area (TPSA) is 59.9 Å². The van der Waals surface area contributed by atoms with Crippen molar-refractivity contribution in [2.24, 2.45) is 5.10 Å². The Hall–Kier alpha value is -1.86. The van der Waals surface area contributed by atoms with Crippen LogP contribution >= 0.6 is 31.9 Å². The summed E-state index contributed by atoms with van der Waals surface area (Å²) in [7, 11) is 1.58. The molecule has 1 amide bonds. The van der Waals surface area contributed by atoms with Crippen LogP contribution in [0.25, 0.3) is 0 Å². The molecule has 0 saturated heterocycles. The van der Waals surface area contributed by atoms with E-state index in [1.54, 1.807) is 37.6 Å². The molecule has 5 nitrogen and oxygen atoms in total. The van der Waals surface area contributed by atoms with Gasteiger partial charge < -0.3 is 9.47 Å². The molecule has 0 spiro atoms. The number of hydrogen-bond acceptors (Lipinski definition) is 4. The van der Waals surface area contributed by atoms with Crippen LogP contribution in [0.1, 0.15) is 29.3 Å². The average Bonchev–Trinajstić information content (AvgIpc) is 2.60. The Bertz CT molecular complexity index is 779. The van der Waals surface area contributed by atoms with Gasteiger partial charge in [-0.1, -0.05) is 19.1 Å². The van der Waals surface area contributed by atoms with Gasteiger partial charge in [0, 0.05) is 4.47 Å². The highest BCUT2D eigenvalue weighted by Crippen LogP contribution is 2.36. The molecule has 2 aromatic carbocycles. The van der Waals surface area contributed by atoms with Crippen LogP contribution in [0.3, 0.4) is 0 Å². The van der Waals surface area contributed by atoms with Crippen LogP contribution in [0.2, 0.25) is 0 Å². The maximum absolute atomic E-state index is 12.1. The first-order valence-electron chi connectivity index (χ1n) is 7.65. The summed E-state index contributed by atoms with van der Waals surface area (Å²) in [5.41, 5.74) is 3.79. The van der Waals surface area contributed by atoms with Crippen molar-refractivity contribution in [2.75, 3.05) is 13.7 Å². The third-order valence-electron chi connectivity index (χ3n) is 3.20. The fourth-order valence-corrected chi connectivity index (χ4v) is 3.07. The lowest BCUT2D eigenvalue weighted by atomic mass is 10.2. The molecule has 0 heterocycles. The fraction of sp³-hybridized carbons (Fsp3) is 0.222. The Labute approximate surface area is 163 Å². The van der Waals surface area contributed by atoms with E-state index < -0.39 is 0 Å². The summed E-state index contributed by atoms with van der Waals surface area (Å²) in [6, 6.07) is 10.8. The summed E-state index contributed by atoms with van der Waals surface area (Å²) in [6.07, 6.45) is 2.45. The Morgan fingerprint density at radius 2 is 2.00 bits per heavy atom. The van der Waals surface area contributed by atoms with Crippen molar-refractivity contribution in [3.63, 3.8) is 0 Å². The van der Waals surface area contributed by atoms with Gasteiger partial charge in [0.05, 0.1) is 30.0 Å². The number of nitrogens with zero attached hydrogens (tertiary/aromatic N) is 1. The molecule has 0 unspecified atom stereocenters. The molecule has 0 bridgehead atoms. The van der Waals surface area contributed by atoms with Crippen molar-refractivity contribution >= 4 is 44.0 Å². The first kappa shape index (κ1) is 19.5. The van der Waals surface area contributed by atoms with Crippen LogP contribution in [0.15, 0.2) is 50.4 Å². The Morgan fingerprint density at radius 1 is 1.24 bits per heavy atom. The van der Waals surface area contributed by atoms with E-state index in [4.69, 9.17) is 9.47 Å². The van der Waals surface area contributed by atoms with Gasteiger partial charge in [0.2, 0.25) is 0 Å². The molecule has 7 heteroatoms. The third-order valence-corrected chi connectivity index (χ3v) is 4.48. The van der Waals surface area contributed by atoms with Gasteiger partial charge in [-0.05, 0) is 68.1 Å². The number of amides is 1. The van der Waals surface area contributed by atoms with Gasteiger partial charge in [-0.25, -0.2) is 5.43 Å². The number of rotatable bonds is 7. The van der Waals surface area contributed by atoms with Crippen molar-refractivity contribution in [2.45, 2.75) is 13.3 Å². The third kappa shape index (κ3) is 5.31. The number of hydrazone groups is 1. The molecule has 0 aliphatic carbocycles. The summed E-state index contributed by atoms with van der Waals surface area (Å²) in [5, 5.41) is 4.00. The molecule has 0 atom stereocenters. The van der Waals surface area contributed by atoms with E-state index in [0.29, 0.717) is 28.1 Å². The maximum Gasteiger partial charge on any atom is 0.272 e. The van der Waals surface area contributed by atoms with E-state index >= 15 is 0 Å². The lowest BCUT2D eigenvalue weighted by Crippen LogP contribution is -2.18. The zero-order chi connectivity index (χ0) is 18.2. The van der Waals surface area contributed by atoms with Crippen molar-refractivity contribution in [3.05, 3.63) is 56.5 Å². The first-order chi connectivity index (χ1) is 12.1. The molecule has 25 heavy (non-hydrogen) atoms. The number of ether oxygens (including phenoxy) is 2. The molecule has 0 radical (unpaired) electrons. The van der Waals surface area contributed by atoms with E-state index in [0.717, 1.165) is 16.5 Å². The minimum atomic E-state index is -0.294. The number of benzene rings is 2. The summed E-state index contributed by atoms with van der Waals surface area (Å²) in [5.74, 6) is 0.956. The van der Waals surface area contributed by atoms with Crippen molar-refractivity contribution < 1.29 is 14.3 Å². The van der Waals surface area contributed by atoms with E-state index in [1.165, 1.54) is 0 Å². The van der Waals surface area contributed by atoms with E-state index in [-0.39, 0.29) is 5.91 Å². The smallest absolute Gasteiger partial charge is 0.272 e. The van der Waals surface area contributed by atoms with Crippen molar-refractivity contribution in [1.29, 1.82) is 0 Å². The van der Waals surface area contributed by atoms with E-state index in [9.17, 15) is 4.79 Å². The van der Waals surface area contributed by atoms with Crippen LogP contribution < -0.4 is 14.9 Å². The van der Waals surface area contributed by atoms with Gasteiger partial charge in [0.1, 0.15) is 0 Å². The van der Waals surface area contributed by atoms with Crippen molar-refractivity contribution in [3.8, 4) is 11.5 Å². The molecule has 132 valence electrons. The minimum absolute atomic E-state index is 0.294. The molecule has 0 aliphatic heterocycles. The summed E-state index contributed by atoms with van der Waals surface area (Å²) in [6.45, 7) is 2.64. The molecule has 2 rings (SSSR count). The summed E-state index contributed by atoms with van der Waals surface area (Å²) in [4.78, 5) is 12.1. The second-order valence-corrected chi connectivity index (χ2v) is 6.77. The molecule has 0 saturated carbocycles. The second-order valence-electron chi connectivity index (χ2n) is 5.06. The van der Waals surface area contributed by atoms with Gasteiger partial charge in [-0.3, -0.25) is 4.79 Å². The van der Waals surface area contributed by atoms with Crippen LogP contribution in [0, 0.1) is 0 Å². The SMILES string of the molecule is CCCOc1c(Br)cc(/C=N\NC(=O)c2ccccc2Br)cc1OC. The lowest BCUT2D eigenvalue weighted by molar-refractivity contribution is 0.0954. The normalized spacial score (nSPS) is 10.7. The standard InChI is InChI=1S/C18H18Br2N2O3/c1-3-8-25-17-15(20)9-12(10-16(17)24-2)11-21-22-18(23)13-6-4-5-7-14(13)19/h4-7,9-11H,3,8H2,1-2H3,(H,22,23)/b21-11-. The fourth-order valence-electron chi connectivity index (χ4n) is 2.03. The lowest BCUT2D eigenvalue weighted by Gasteiger charge is -2.12. The van der Waals surface area contributed by atoms with Gasteiger partial charge in [0.25, 0.3) is 5.91 Å². The molecular weight excluding hydrogens is 452 g/mol. The van der Waals surface area contributed by atoms with Crippen LogP contribution in [0.4, 0.5) is 0 Å². The zero-order valence-corrected chi connectivity index (χ0v) is 17.1. The molecule has 0 fully saturated rings. The Morgan fingerprint density at radius 3 is 2.68 bits per heavy atom. The highest BCUT2D eigenvalue weighted by molar-refractivity contribution is 9.10. The van der Waals surface area contributed by atoms with Crippen LogP contribution in [-0.4, -0.2) is 25.8 Å². The molecule has 0 aliphatic rings. The van der Waals surface area contributed by atoms with E-state index in [2.05, 4.69) is 42.4 Å². The predicted octanol–water partition coefficient (Wildman–Crippen LogP) is 4.77. The van der Waals surface area contributed by atoms with Gasteiger partial charge in [-0.15, -0.1) is 0 Å². The van der Waals surface area contributed by atoms with Gasteiger partial charge in [-0.2, -0.15) is 5.10 Å². The minimum Gasteiger partial charge on any atom is -0.493 e. The maximum atomic E-state index is 12.1. The van der Waals surface area contributed by atoms with Gasteiger partial charge >= 0.3 is 0 Å². The van der Waals surface area contributed by atoms with Crippen LogP contribution in [0.5, 0.6) is 11.5 Å². The Kier molecular flexibility index (Phi) is 7.46. The Balaban J connectivity index is 2.12. The number of hydrogen-bond donors (Lipinski definition) is 1. The molecule has 0 aromatic heterocycles. The van der Waals surface area contributed by atoms with E-state index in [1.807, 2.05) is 19.1 Å². The largest absolute Gasteiger partial charge is 0.493 e. The summed E-state index contributed by atoms with van der Waals surface area (Å²) < 4.78 is 12.5. The zero-order valence-electron chi connectivity index (χ0n) is 13.9. The van der Waals surface area contributed by atoms with Crippen molar-refractivity contribution in [1.82, 2.24) is 5.43 Å². The predicted molar refractivity (Wildman–Crippen MR) is 106 cm³/mol. The van der Waals surface area contributed by atoms with Gasteiger partial charge in [0.15, 0.2) is 11.5 Å². The molecule has 2 aromatic rings. The molecule has 1 N–H and O–H groups in total.